The molecule has 1 heterocycles. The molecule has 2 aromatic carbocycles. The number of hydrogen-bond acceptors (Lipinski definition) is 4. The fraction of sp³-hybridized carbons (Fsp3) is 0.125. The number of nitrogens with one attached hydrogen (secondary N) is 2. The fourth-order valence-corrected chi connectivity index (χ4v) is 3.29. The second kappa shape index (κ2) is 7.33. The van der Waals surface area contributed by atoms with Crippen LogP contribution in [0.1, 0.15) is 10.4 Å². The number of alkyl halides is 3. The van der Waals surface area contributed by atoms with Crippen LogP contribution in [0.3, 0.4) is 0 Å². The van der Waals surface area contributed by atoms with Crippen LogP contribution in [0.15, 0.2) is 48.5 Å². The van der Waals surface area contributed by atoms with E-state index in [-0.39, 0.29) is 5.56 Å². The van der Waals surface area contributed by atoms with E-state index >= 15 is 0 Å². The lowest BCUT2D eigenvalue weighted by Crippen LogP contribution is -2.49. The van der Waals surface area contributed by atoms with Crippen molar-refractivity contribution in [3.8, 4) is 0 Å². The SMILES string of the molecule is O=C(NC(Nc1nc2ccccc2s1)C(Cl)(Cl)Cl)c1ccc(F)cc1. The van der Waals surface area contributed by atoms with E-state index in [0.29, 0.717) is 5.13 Å². The van der Waals surface area contributed by atoms with E-state index in [2.05, 4.69) is 15.6 Å². The van der Waals surface area contributed by atoms with Gasteiger partial charge in [-0.15, -0.1) is 0 Å². The van der Waals surface area contributed by atoms with Gasteiger partial charge in [0.15, 0.2) is 5.13 Å². The zero-order valence-corrected chi connectivity index (χ0v) is 15.6. The van der Waals surface area contributed by atoms with Gasteiger partial charge in [0.2, 0.25) is 3.79 Å². The van der Waals surface area contributed by atoms with Crippen molar-refractivity contribution in [3.05, 3.63) is 59.9 Å². The van der Waals surface area contributed by atoms with Gasteiger partial charge >= 0.3 is 0 Å². The third-order valence-corrected chi connectivity index (χ3v) is 4.89. The molecule has 130 valence electrons. The van der Waals surface area contributed by atoms with Gasteiger partial charge in [0, 0.05) is 5.56 Å². The molecule has 2 N–H and O–H groups in total. The summed E-state index contributed by atoms with van der Waals surface area (Å²) >= 11 is 19.3. The predicted octanol–water partition coefficient (Wildman–Crippen LogP) is 4.97. The van der Waals surface area contributed by atoms with Crippen LogP contribution in [-0.2, 0) is 0 Å². The lowest BCUT2D eigenvalue weighted by Gasteiger charge is -2.26. The highest BCUT2D eigenvalue weighted by atomic mass is 35.6. The average Bonchev–Trinajstić information content (AvgIpc) is 2.96. The molecule has 0 aliphatic rings. The molecule has 1 unspecified atom stereocenters. The zero-order valence-electron chi connectivity index (χ0n) is 12.5. The Morgan fingerprint density at radius 2 is 1.80 bits per heavy atom. The van der Waals surface area contributed by atoms with E-state index in [9.17, 15) is 9.18 Å². The number of halogens is 4. The molecule has 0 saturated heterocycles. The lowest BCUT2D eigenvalue weighted by atomic mass is 10.2. The van der Waals surface area contributed by atoms with Gasteiger partial charge in [0.1, 0.15) is 12.0 Å². The minimum atomic E-state index is -1.83. The van der Waals surface area contributed by atoms with E-state index in [1.165, 1.54) is 35.6 Å². The number of fused-ring (bicyclic) bond motifs is 1. The molecule has 3 aromatic rings. The first-order valence-electron chi connectivity index (χ1n) is 7.08. The van der Waals surface area contributed by atoms with Crippen molar-refractivity contribution in [3.63, 3.8) is 0 Å². The number of nitrogens with zero attached hydrogens (tertiary/aromatic N) is 1. The number of benzene rings is 2. The molecule has 9 heteroatoms. The normalized spacial score (nSPS) is 12.8. The smallest absolute Gasteiger partial charge is 0.252 e. The van der Waals surface area contributed by atoms with Crippen molar-refractivity contribution in [2.45, 2.75) is 9.96 Å². The highest BCUT2D eigenvalue weighted by Gasteiger charge is 2.35. The van der Waals surface area contributed by atoms with Crippen LogP contribution in [0.2, 0.25) is 0 Å². The van der Waals surface area contributed by atoms with Gasteiger partial charge in [-0.1, -0.05) is 58.3 Å². The van der Waals surface area contributed by atoms with Crippen molar-refractivity contribution < 1.29 is 9.18 Å². The van der Waals surface area contributed by atoms with Crippen molar-refractivity contribution in [2.24, 2.45) is 0 Å². The first-order chi connectivity index (χ1) is 11.8. The summed E-state index contributed by atoms with van der Waals surface area (Å²) in [5.74, 6) is -0.952. The zero-order chi connectivity index (χ0) is 18.0. The van der Waals surface area contributed by atoms with Gasteiger partial charge in [0.05, 0.1) is 10.2 Å². The minimum Gasteiger partial charge on any atom is -0.338 e. The number of carbonyl (C=O) groups is 1. The third-order valence-electron chi connectivity index (χ3n) is 3.27. The quantitative estimate of drug-likeness (QED) is 0.464. The number of hydrogen-bond donors (Lipinski definition) is 2. The number of anilines is 1. The summed E-state index contributed by atoms with van der Waals surface area (Å²) in [5, 5.41) is 6.01. The number of rotatable bonds is 4. The maximum absolute atomic E-state index is 13.0. The Labute approximate surface area is 161 Å². The van der Waals surface area contributed by atoms with Crippen LogP contribution in [0.4, 0.5) is 9.52 Å². The largest absolute Gasteiger partial charge is 0.338 e. The number of amides is 1. The van der Waals surface area contributed by atoms with Gasteiger partial charge in [-0.3, -0.25) is 4.79 Å². The first-order valence-corrected chi connectivity index (χ1v) is 9.03. The molecule has 0 radical (unpaired) electrons. The Morgan fingerprint density at radius 1 is 1.12 bits per heavy atom. The molecular formula is C16H11Cl3FN3OS. The topological polar surface area (TPSA) is 54.0 Å². The van der Waals surface area contributed by atoms with E-state index in [1.807, 2.05) is 24.3 Å². The monoisotopic (exact) mass is 417 g/mol. The molecule has 0 aliphatic carbocycles. The lowest BCUT2D eigenvalue weighted by molar-refractivity contribution is 0.0942. The van der Waals surface area contributed by atoms with Crippen LogP contribution < -0.4 is 10.6 Å². The van der Waals surface area contributed by atoms with Crippen molar-refractivity contribution in [1.82, 2.24) is 10.3 Å². The van der Waals surface area contributed by atoms with E-state index in [1.54, 1.807) is 0 Å². The van der Waals surface area contributed by atoms with Gasteiger partial charge in [0.25, 0.3) is 5.91 Å². The molecule has 0 fully saturated rings. The van der Waals surface area contributed by atoms with Crippen molar-refractivity contribution in [2.75, 3.05) is 5.32 Å². The molecule has 4 nitrogen and oxygen atoms in total. The highest BCUT2D eigenvalue weighted by molar-refractivity contribution is 7.22. The van der Waals surface area contributed by atoms with Crippen LogP contribution >= 0.6 is 46.1 Å². The molecule has 0 bridgehead atoms. The molecule has 3 rings (SSSR count). The maximum atomic E-state index is 13.0. The number of carbonyl (C=O) groups excluding carboxylic acids is 1. The molecule has 25 heavy (non-hydrogen) atoms. The summed E-state index contributed by atoms with van der Waals surface area (Å²) in [4.78, 5) is 16.7. The standard InChI is InChI=1S/C16H11Cl3FN3OS/c17-16(18,19)14(22-13(24)9-5-7-10(20)8-6-9)23-15-21-11-3-1-2-4-12(11)25-15/h1-8,14H,(H,21,23)(H,22,24). The Hall–Kier alpha value is -1.60. The Morgan fingerprint density at radius 3 is 2.44 bits per heavy atom. The Bertz CT molecular complexity index is 863. The van der Waals surface area contributed by atoms with Crippen LogP contribution in [0.25, 0.3) is 10.2 Å². The van der Waals surface area contributed by atoms with E-state index in [4.69, 9.17) is 34.8 Å². The highest BCUT2D eigenvalue weighted by Crippen LogP contribution is 2.33. The number of para-hydroxylation sites is 1. The Balaban J connectivity index is 1.80. The molecule has 0 aliphatic heterocycles. The summed E-state index contributed by atoms with van der Waals surface area (Å²) in [5.41, 5.74) is 1.04. The molecule has 1 atom stereocenters. The van der Waals surface area contributed by atoms with Crippen LogP contribution in [0, 0.1) is 5.82 Å². The fourth-order valence-electron chi connectivity index (χ4n) is 2.07. The molecule has 1 amide bonds. The second-order valence-corrected chi connectivity index (χ2v) is 8.49. The van der Waals surface area contributed by atoms with Gasteiger partial charge < -0.3 is 10.6 Å². The summed E-state index contributed by atoms with van der Waals surface area (Å²) in [6.45, 7) is 0. The van der Waals surface area contributed by atoms with Crippen molar-refractivity contribution >= 4 is 67.4 Å². The van der Waals surface area contributed by atoms with Crippen LogP contribution in [0.5, 0.6) is 0 Å². The van der Waals surface area contributed by atoms with Gasteiger partial charge in [-0.2, -0.15) is 0 Å². The van der Waals surface area contributed by atoms with Gasteiger partial charge in [-0.25, -0.2) is 9.37 Å². The summed E-state index contributed by atoms with van der Waals surface area (Å²) in [7, 11) is 0. The summed E-state index contributed by atoms with van der Waals surface area (Å²) in [6.07, 6.45) is -1.03. The average molecular weight is 419 g/mol. The minimum absolute atomic E-state index is 0.242. The maximum Gasteiger partial charge on any atom is 0.252 e. The first kappa shape index (κ1) is 18.2. The molecule has 0 spiro atoms. The number of aromatic nitrogens is 1. The van der Waals surface area contributed by atoms with E-state index < -0.39 is 21.7 Å². The van der Waals surface area contributed by atoms with Crippen molar-refractivity contribution in [1.29, 1.82) is 0 Å². The molecular weight excluding hydrogens is 408 g/mol. The second-order valence-electron chi connectivity index (χ2n) is 5.09. The third kappa shape index (κ3) is 4.52. The van der Waals surface area contributed by atoms with Gasteiger partial charge in [-0.05, 0) is 36.4 Å². The number of thiazole rings is 1. The Kier molecular flexibility index (Phi) is 5.34. The summed E-state index contributed by atoms with van der Waals surface area (Å²) in [6, 6.07) is 12.6. The predicted molar refractivity (Wildman–Crippen MR) is 101 cm³/mol. The van der Waals surface area contributed by atoms with Crippen LogP contribution in [-0.4, -0.2) is 20.8 Å². The summed E-state index contributed by atoms with van der Waals surface area (Å²) < 4.78 is 12.1. The van der Waals surface area contributed by atoms with E-state index in [0.717, 1.165) is 10.2 Å². The molecule has 1 aromatic heterocycles. The molecule has 0 saturated carbocycles.